The highest BCUT2D eigenvalue weighted by atomic mass is 79.9. The van der Waals surface area contributed by atoms with Gasteiger partial charge in [-0.1, -0.05) is 22.0 Å². The predicted molar refractivity (Wildman–Crippen MR) is 80.3 cm³/mol. The SMILES string of the molecule is Cc1cccnc1CNCc1ccc(Br)cc1[N+](=O)[O-]. The highest BCUT2D eigenvalue weighted by Gasteiger charge is 2.13. The molecule has 0 unspecified atom stereocenters. The van der Waals surface area contributed by atoms with Gasteiger partial charge in [-0.3, -0.25) is 15.1 Å². The van der Waals surface area contributed by atoms with Gasteiger partial charge >= 0.3 is 0 Å². The number of halogens is 1. The molecule has 0 saturated carbocycles. The second-order valence-corrected chi connectivity index (χ2v) is 5.32. The van der Waals surface area contributed by atoms with Gasteiger partial charge in [0.15, 0.2) is 0 Å². The average molecular weight is 336 g/mol. The fourth-order valence-electron chi connectivity index (χ4n) is 1.88. The Morgan fingerprint density at radius 2 is 2.15 bits per heavy atom. The third-order valence-corrected chi connectivity index (χ3v) is 3.46. The number of aromatic nitrogens is 1. The number of nitro benzene ring substituents is 1. The molecule has 0 spiro atoms. The van der Waals surface area contributed by atoms with Crippen LogP contribution in [-0.4, -0.2) is 9.91 Å². The number of nitrogens with one attached hydrogen (secondary N) is 1. The van der Waals surface area contributed by atoms with Crippen molar-refractivity contribution in [2.75, 3.05) is 0 Å². The molecule has 1 aromatic carbocycles. The largest absolute Gasteiger partial charge is 0.307 e. The van der Waals surface area contributed by atoms with Gasteiger partial charge in [-0.25, -0.2) is 0 Å². The summed E-state index contributed by atoms with van der Waals surface area (Å²) in [6.45, 7) is 3.01. The van der Waals surface area contributed by atoms with E-state index in [-0.39, 0.29) is 10.6 Å². The molecule has 0 aliphatic carbocycles. The zero-order valence-corrected chi connectivity index (χ0v) is 12.6. The molecule has 6 heteroatoms. The van der Waals surface area contributed by atoms with Crippen molar-refractivity contribution < 1.29 is 4.92 Å². The van der Waals surface area contributed by atoms with Crippen molar-refractivity contribution >= 4 is 21.6 Å². The lowest BCUT2D eigenvalue weighted by Crippen LogP contribution is -2.15. The number of nitro groups is 1. The maximum Gasteiger partial charge on any atom is 0.275 e. The molecule has 2 rings (SSSR count). The molecular formula is C14H14BrN3O2. The summed E-state index contributed by atoms with van der Waals surface area (Å²) in [4.78, 5) is 14.9. The van der Waals surface area contributed by atoms with E-state index in [1.165, 1.54) is 6.07 Å². The lowest BCUT2D eigenvalue weighted by Gasteiger charge is -2.07. The zero-order chi connectivity index (χ0) is 14.5. The highest BCUT2D eigenvalue weighted by molar-refractivity contribution is 9.10. The van der Waals surface area contributed by atoms with E-state index in [2.05, 4.69) is 26.2 Å². The van der Waals surface area contributed by atoms with Gasteiger partial charge in [0.05, 0.1) is 10.6 Å². The molecule has 1 N–H and O–H groups in total. The Morgan fingerprint density at radius 1 is 1.35 bits per heavy atom. The summed E-state index contributed by atoms with van der Waals surface area (Å²) in [7, 11) is 0. The molecule has 0 aliphatic rings. The van der Waals surface area contributed by atoms with Crippen LogP contribution in [0.5, 0.6) is 0 Å². The standard InChI is InChI=1S/C14H14BrN3O2/c1-10-3-2-6-17-13(10)9-16-8-11-4-5-12(15)7-14(11)18(19)20/h2-7,16H,8-9H2,1H3. The van der Waals surface area contributed by atoms with Gasteiger partial charge in [0.1, 0.15) is 0 Å². The second kappa shape index (κ2) is 6.58. The number of hydrogen-bond acceptors (Lipinski definition) is 4. The van der Waals surface area contributed by atoms with E-state index in [1.807, 2.05) is 19.1 Å². The van der Waals surface area contributed by atoms with Crippen LogP contribution in [0.1, 0.15) is 16.8 Å². The van der Waals surface area contributed by atoms with Crippen molar-refractivity contribution in [2.45, 2.75) is 20.0 Å². The molecule has 2 aromatic rings. The van der Waals surface area contributed by atoms with Gasteiger partial charge in [0.25, 0.3) is 5.69 Å². The molecule has 0 amide bonds. The van der Waals surface area contributed by atoms with Crippen LogP contribution in [0.15, 0.2) is 41.0 Å². The van der Waals surface area contributed by atoms with Crippen LogP contribution in [0.4, 0.5) is 5.69 Å². The minimum Gasteiger partial charge on any atom is -0.307 e. The summed E-state index contributed by atoms with van der Waals surface area (Å²) >= 11 is 3.24. The Bertz CT molecular complexity index is 632. The van der Waals surface area contributed by atoms with Gasteiger partial charge in [-0.05, 0) is 30.7 Å². The van der Waals surface area contributed by atoms with Crippen LogP contribution in [0.2, 0.25) is 0 Å². The number of nitrogens with zero attached hydrogens (tertiary/aromatic N) is 2. The van der Waals surface area contributed by atoms with E-state index in [9.17, 15) is 10.1 Å². The number of hydrogen-bond donors (Lipinski definition) is 1. The van der Waals surface area contributed by atoms with Gasteiger partial charge < -0.3 is 5.32 Å². The smallest absolute Gasteiger partial charge is 0.275 e. The molecule has 1 heterocycles. The van der Waals surface area contributed by atoms with Crippen LogP contribution < -0.4 is 5.32 Å². The topological polar surface area (TPSA) is 68.1 Å². The molecule has 104 valence electrons. The third kappa shape index (κ3) is 3.61. The molecule has 0 bridgehead atoms. The van der Waals surface area contributed by atoms with Gasteiger partial charge in [-0.15, -0.1) is 0 Å². The van der Waals surface area contributed by atoms with E-state index < -0.39 is 0 Å². The Balaban J connectivity index is 2.05. The maximum atomic E-state index is 11.0. The summed E-state index contributed by atoms with van der Waals surface area (Å²) in [5.74, 6) is 0. The van der Waals surface area contributed by atoms with Crippen molar-refractivity contribution in [3.63, 3.8) is 0 Å². The molecule has 0 fully saturated rings. The van der Waals surface area contributed by atoms with Crippen LogP contribution in [0, 0.1) is 17.0 Å². The van der Waals surface area contributed by atoms with Crippen LogP contribution in [0.25, 0.3) is 0 Å². The predicted octanol–water partition coefficient (Wildman–Crippen LogP) is 3.35. The minimum atomic E-state index is -0.367. The van der Waals surface area contributed by atoms with Crippen molar-refractivity contribution in [3.05, 3.63) is 67.9 Å². The summed E-state index contributed by atoms with van der Waals surface area (Å²) in [6.07, 6.45) is 1.74. The van der Waals surface area contributed by atoms with Crippen LogP contribution in [-0.2, 0) is 13.1 Å². The van der Waals surface area contributed by atoms with E-state index >= 15 is 0 Å². The summed E-state index contributed by atoms with van der Waals surface area (Å²) < 4.78 is 0.702. The summed E-state index contributed by atoms with van der Waals surface area (Å²) in [5.41, 5.74) is 2.83. The molecule has 0 radical (unpaired) electrons. The van der Waals surface area contributed by atoms with E-state index in [4.69, 9.17) is 0 Å². The average Bonchev–Trinajstić information content (AvgIpc) is 2.42. The molecule has 0 aliphatic heterocycles. The fourth-order valence-corrected chi connectivity index (χ4v) is 2.22. The van der Waals surface area contributed by atoms with Crippen LogP contribution in [0.3, 0.4) is 0 Å². The first-order chi connectivity index (χ1) is 9.58. The highest BCUT2D eigenvalue weighted by Crippen LogP contribution is 2.23. The van der Waals surface area contributed by atoms with Gasteiger partial charge in [0, 0.05) is 35.4 Å². The first kappa shape index (κ1) is 14.6. The maximum absolute atomic E-state index is 11.0. The van der Waals surface area contributed by atoms with Crippen molar-refractivity contribution in [3.8, 4) is 0 Å². The fraction of sp³-hybridized carbons (Fsp3) is 0.214. The van der Waals surface area contributed by atoms with E-state index in [0.29, 0.717) is 23.1 Å². The van der Waals surface area contributed by atoms with Crippen molar-refractivity contribution in [1.82, 2.24) is 10.3 Å². The lowest BCUT2D eigenvalue weighted by molar-refractivity contribution is -0.385. The Morgan fingerprint density at radius 3 is 2.85 bits per heavy atom. The first-order valence-corrected chi connectivity index (χ1v) is 6.91. The number of pyridine rings is 1. The molecule has 20 heavy (non-hydrogen) atoms. The normalized spacial score (nSPS) is 10.5. The molecule has 0 saturated heterocycles. The molecule has 0 atom stereocenters. The van der Waals surface area contributed by atoms with E-state index in [0.717, 1.165) is 11.3 Å². The Labute approximate surface area is 125 Å². The quantitative estimate of drug-likeness (QED) is 0.672. The number of aryl methyl sites for hydroxylation is 1. The summed E-state index contributed by atoms with van der Waals surface area (Å²) in [6, 6.07) is 8.95. The van der Waals surface area contributed by atoms with Crippen molar-refractivity contribution in [1.29, 1.82) is 0 Å². The minimum absolute atomic E-state index is 0.115. The number of benzene rings is 1. The third-order valence-electron chi connectivity index (χ3n) is 2.97. The van der Waals surface area contributed by atoms with E-state index in [1.54, 1.807) is 18.3 Å². The number of rotatable bonds is 5. The van der Waals surface area contributed by atoms with Gasteiger partial charge in [0.2, 0.25) is 0 Å². The summed E-state index contributed by atoms with van der Waals surface area (Å²) in [5, 5.41) is 14.2. The first-order valence-electron chi connectivity index (χ1n) is 6.12. The lowest BCUT2D eigenvalue weighted by atomic mass is 10.1. The van der Waals surface area contributed by atoms with Gasteiger partial charge in [-0.2, -0.15) is 0 Å². The second-order valence-electron chi connectivity index (χ2n) is 4.40. The Kier molecular flexibility index (Phi) is 4.81. The van der Waals surface area contributed by atoms with Crippen LogP contribution >= 0.6 is 15.9 Å². The molecule has 1 aromatic heterocycles. The Hall–Kier alpha value is -1.79. The monoisotopic (exact) mass is 335 g/mol. The molecular weight excluding hydrogens is 322 g/mol. The zero-order valence-electron chi connectivity index (χ0n) is 11.0. The molecule has 5 nitrogen and oxygen atoms in total. The van der Waals surface area contributed by atoms with Crippen molar-refractivity contribution in [2.24, 2.45) is 0 Å².